The highest BCUT2D eigenvalue weighted by atomic mass is 35.5. The van der Waals surface area contributed by atoms with Crippen LogP contribution in [0.4, 0.5) is 5.69 Å². The van der Waals surface area contributed by atoms with E-state index in [0.29, 0.717) is 59.5 Å². The topological polar surface area (TPSA) is 85.7 Å². The quantitative estimate of drug-likeness (QED) is 0.339. The van der Waals surface area contributed by atoms with Gasteiger partial charge in [-0.25, -0.2) is 0 Å². The third-order valence-electron chi connectivity index (χ3n) is 6.51. The van der Waals surface area contributed by atoms with Crippen LogP contribution in [0.5, 0.6) is 5.75 Å². The number of ether oxygens (including phenoxy) is 2. The van der Waals surface area contributed by atoms with Gasteiger partial charge in [-0.2, -0.15) is 5.10 Å². The Hall–Kier alpha value is -4.14. The molecule has 1 aromatic heterocycles. The first-order chi connectivity index (χ1) is 18.9. The number of aryl methyl sites for hydroxylation is 2. The summed E-state index contributed by atoms with van der Waals surface area (Å²) < 4.78 is 13.3. The Kier molecular flexibility index (Phi) is 7.95. The number of carbonyl (C=O) groups is 2. The van der Waals surface area contributed by atoms with E-state index in [4.69, 9.17) is 21.1 Å². The van der Waals surface area contributed by atoms with Gasteiger partial charge in [-0.05, 0) is 48.4 Å². The number of amides is 2. The maximum Gasteiger partial charge on any atom is 0.259 e. The van der Waals surface area contributed by atoms with Gasteiger partial charge in [0.2, 0.25) is 0 Å². The summed E-state index contributed by atoms with van der Waals surface area (Å²) in [7, 11) is 1.80. The van der Waals surface area contributed by atoms with Crippen molar-refractivity contribution >= 4 is 29.1 Å². The lowest BCUT2D eigenvalue weighted by molar-refractivity contribution is 0.0303. The van der Waals surface area contributed by atoms with Crippen LogP contribution in [0.3, 0.4) is 0 Å². The SMILES string of the molecule is Cc1ccc(COc2cc(C(=O)N3CCOCC3)c(-c3cnn(C)c3)cc2C(=O)Nc2cccc(Cl)c2)cc1. The molecule has 0 saturated carbocycles. The molecule has 1 N–H and O–H groups in total. The van der Waals surface area contributed by atoms with Crippen molar-refractivity contribution in [2.24, 2.45) is 7.05 Å². The third-order valence-corrected chi connectivity index (χ3v) is 6.74. The van der Waals surface area contributed by atoms with Crippen LogP contribution in [0, 0.1) is 6.92 Å². The normalized spacial score (nSPS) is 13.3. The second-order valence-corrected chi connectivity index (χ2v) is 9.88. The molecule has 0 radical (unpaired) electrons. The number of aromatic nitrogens is 2. The molecule has 5 rings (SSSR count). The number of halogens is 1. The Labute approximate surface area is 232 Å². The van der Waals surface area contributed by atoms with E-state index in [9.17, 15) is 9.59 Å². The molecule has 4 aromatic rings. The van der Waals surface area contributed by atoms with Gasteiger partial charge in [0.05, 0.1) is 30.5 Å². The average Bonchev–Trinajstić information content (AvgIpc) is 3.38. The Morgan fingerprint density at radius 3 is 2.51 bits per heavy atom. The van der Waals surface area contributed by atoms with E-state index < -0.39 is 0 Å². The minimum absolute atomic E-state index is 0.154. The monoisotopic (exact) mass is 544 g/mol. The van der Waals surface area contributed by atoms with Crippen molar-refractivity contribution in [3.05, 3.63) is 100 Å². The molecule has 39 heavy (non-hydrogen) atoms. The second-order valence-electron chi connectivity index (χ2n) is 9.44. The van der Waals surface area contributed by atoms with E-state index in [1.165, 1.54) is 0 Å². The van der Waals surface area contributed by atoms with Gasteiger partial charge < -0.3 is 19.7 Å². The molecule has 0 unspecified atom stereocenters. The molecule has 8 nitrogen and oxygen atoms in total. The molecule has 0 bridgehead atoms. The minimum Gasteiger partial charge on any atom is -0.488 e. The van der Waals surface area contributed by atoms with Gasteiger partial charge in [0.1, 0.15) is 12.4 Å². The van der Waals surface area contributed by atoms with Crippen molar-refractivity contribution in [1.29, 1.82) is 0 Å². The number of carbonyl (C=O) groups excluding carboxylic acids is 2. The summed E-state index contributed by atoms with van der Waals surface area (Å²) in [5.41, 5.74) is 4.67. The molecule has 0 spiro atoms. The van der Waals surface area contributed by atoms with E-state index >= 15 is 0 Å². The Morgan fingerprint density at radius 1 is 1.05 bits per heavy atom. The van der Waals surface area contributed by atoms with E-state index in [0.717, 1.165) is 16.7 Å². The lowest BCUT2D eigenvalue weighted by Crippen LogP contribution is -2.40. The highest BCUT2D eigenvalue weighted by molar-refractivity contribution is 6.31. The Morgan fingerprint density at radius 2 is 1.82 bits per heavy atom. The molecular formula is C30H29ClN4O4. The van der Waals surface area contributed by atoms with E-state index in [2.05, 4.69) is 10.4 Å². The summed E-state index contributed by atoms with van der Waals surface area (Å²) in [5, 5.41) is 7.70. The second kappa shape index (κ2) is 11.7. The standard InChI is InChI=1S/C30H29ClN4O4/c1-20-6-8-21(9-7-20)19-39-28-16-26(30(37)35-10-12-38-13-11-35)25(22-17-32-34(2)18-22)15-27(28)29(36)33-24-5-3-4-23(31)14-24/h3-9,14-18H,10-13,19H2,1-2H3,(H,33,36). The van der Waals surface area contributed by atoms with E-state index in [-0.39, 0.29) is 18.4 Å². The first-order valence-electron chi connectivity index (χ1n) is 12.7. The van der Waals surface area contributed by atoms with Gasteiger partial charge in [0.25, 0.3) is 11.8 Å². The molecule has 2 heterocycles. The maximum atomic E-state index is 13.7. The maximum absolute atomic E-state index is 13.7. The summed E-state index contributed by atoms with van der Waals surface area (Å²) in [6.07, 6.45) is 3.49. The highest BCUT2D eigenvalue weighted by Crippen LogP contribution is 2.33. The largest absolute Gasteiger partial charge is 0.488 e. The average molecular weight is 545 g/mol. The van der Waals surface area contributed by atoms with Crippen LogP contribution in [-0.2, 0) is 18.4 Å². The summed E-state index contributed by atoms with van der Waals surface area (Å²) in [6.45, 7) is 4.18. The van der Waals surface area contributed by atoms with Crippen LogP contribution >= 0.6 is 11.6 Å². The molecule has 0 aliphatic carbocycles. The van der Waals surface area contributed by atoms with Crippen molar-refractivity contribution in [3.63, 3.8) is 0 Å². The van der Waals surface area contributed by atoms with E-state index in [1.807, 2.05) is 37.4 Å². The van der Waals surface area contributed by atoms with Gasteiger partial charge >= 0.3 is 0 Å². The van der Waals surface area contributed by atoms with Crippen LogP contribution in [-0.4, -0.2) is 52.8 Å². The van der Waals surface area contributed by atoms with Crippen molar-refractivity contribution in [2.75, 3.05) is 31.6 Å². The molecular weight excluding hydrogens is 516 g/mol. The van der Waals surface area contributed by atoms with Gasteiger partial charge in [0, 0.05) is 42.6 Å². The molecule has 0 atom stereocenters. The lowest BCUT2D eigenvalue weighted by Gasteiger charge is -2.28. The van der Waals surface area contributed by atoms with Gasteiger partial charge in [-0.15, -0.1) is 0 Å². The number of benzene rings is 3. The number of hydrogen-bond acceptors (Lipinski definition) is 5. The molecule has 3 aromatic carbocycles. The predicted molar refractivity (Wildman–Crippen MR) is 150 cm³/mol. The molecule has 1 aliphatic heterocycles. The van der Waals surface area contributed by atoms with Crippen LogP contribution in [0.25, 0.3) is 11.1 Å². The van der Waals surface area contributed by atoms with Crippen molar-refractivity contribution < 1.29 is 19.1 Å². The van der Waals surface area contributed by atoms with Crippen molar-refractivity contribution in [1.82, 2.24) is 14.7 Å². The third kappa shape index (κ3) is 6.30. The first kappa shape index (κ1) is 26.5. The molecule has 9 heteroatoms. The minimum atomic E-state index is -0.383. The van der Waals surface area contributed by atoms with Crippen LogP contribution < -0.4 is 10.1 Å². The number of nitrogens with zero attached hydrogens (tertiary/aromatic N) is 3. The smallest absolute Gasteiger partial charge is 0.259 e. The molecule has 1 fully saturated rings. The fourth-order valence-electron chi connectivity index (χ4n) is 4.40. The fraction of sp³-hybridized carbons (Fsp3) is 0.233. The summed E-state index contributed by atoms with van der Waals surface area (Å²) in [6, 6.07) is 18.3. The Balaban J connectivity index is 1.58. The molecule has 1 aliphatic rings. The predicted octanol–water partition coefficient (Wildman–Crippen LogP) is 5.35. The zero-order chi connectivity index (χ0) is 27.4. The lowest BCUT2D eigenvalue weighted by atomic mass is 9.96. The van der Waals surface area contributed by atoms with E-state index in [1.54, 1.807) is 59.2 Å². The number of nitrogens with one attached hydrogen (secondary N) is 1. The highest BCUT2D eigenvalue weighted by Gasteiger charge is 2.26. The summed E-state index contributed by atoms with van der Waals surface area (Å²) in [5.74, 6) is -0.231. The Bertz CT molecular complexity index is 1490. The molecule has 1 saturated heterocycles. The number of hydrogen-bond donors (Lipinski definition) is 1. The number of anilines is 1. The van der Waals surface area contributed by atoms with Gasteiger partial charge in [-0.3, -0.25) is 14.3 Å². The van der Waals surface area contributed by atoms with Gasteiger partial charge in [-0.1, -0.05) is 47.5 Å². The number of morpholine rings is 1. The molecule has 2 amide bonds. The van der Waals surface area contributed by atoms with Crippen LogP contribution in [0.1, 0.15) is 31.8 Å². The molecule has 200 valence electrons. The zero-order valence-electron chi connectivity index (χ0n) is 21.8. The zero-order valence-corrected chi connectivity index (χ0v) is 22.6. The van der Waals surface area contributed by atoms with Crippen LogP contribution in [0.2, 0.25) is 5.02 Å². The summed E-state index contributed by atoms with van der Waals surface area (Å²) in [4.78, 5) is 29.1. The first-order valence-corrected chi connectivity index (χ1v) is 13.0. The van der Waals surface area contributed by atoms with Crippen molar-refractivity contribution in [3.8, 4) is 16.9 Å². The van der Waals surface area contributed by atoms with Crippen LogP contribution in [0.15, 0.2) is 73.1 Å². The fourth-order valence-corrected chi connectivity index (χ4v) is 4.59. The number of rotatable bonds is 7. The summed E-state index contributed by atoms with van der Waals surface area (Å²) >= 11 is 6.13. The van der Waals surface area contributed by atoms with Gasteiger partial charge in [0.15, 0.2) is 0 Å². The van der Waals surface area contributed by atoms with Crippen molar-refractivity contribution in [2.45, 2.75) is 13.5 Å².